The molecule has 1 fully saturated rings. The maximum atomic E-state index is 9.03. The van der Waals surface area contributed by atoms with Gasteiger partial charge in [0, 0.05) is 18.5 Å². The molecule has 1 atom stereocenters. The summed E-state index contributed by atoms with van der Waals surface area (Å²) in [5.74, 6) is 1.48. The maximum Gasteiger partial charge on any atom is 0.193 e. The summed E-state index contributed by atoms with van der Waals surface area (Å²) in [7, 11) is -1.94. The molecule has 1 saturated carbocycles. The molecule has 2 aromatic rings. The van der Waals surface area contributed by atoms with Crippen molar-refractivity contribution in [1.82, 2.24) is 14.5 Å². The summed E-state index contributed by atoms with van der Waals surface area (Å²) in [4.78, 5) is 9.18. The Hall–Kier alpha value is -1.42. The zero-order valence-electron chi connectivity index (χ0n) is 18.5. The predicted molar refractivity (Wildman–Crippen MR) is 120 cm³/mol. The number of nitriles is 1. The largest absolute Gasteiger partial charge is 0.407 e. The van der Waals surface area contributed by atoms with Gasteiger partial charge in [0.1, 0.15) is 22.6 Å². The van der Waals surface area contributed by atoms with E-state index in [4.69, 9.17) is 26.3 Å². The monoisotopic (exact) mass is 432 g/mol. The molecule has 3 rings (SSSR count). The second-order valence-electron chi connectivity index (χ2n) is 9.89. The fourth-order valence-electron chi connectivity index (χ4n) is 4.07. The van der Waals surface area contributed by atoms with Gasteiger partial charge in [-0.05, 0) is 56.7 Å². The first-order valence-electron chi connectivity index (χ1n) is 10.6. The van der Waals surface area contributed by atoms with Crippen molar-refractivity contribution in [1.29, 1.82) is 5.26 Å². The molecule has 1 unspecified atom stereocenters. The lowest BCUT2D eigenvalue weighted by molar-refractivity contribution is 0.180. The lowest BCUT2D eigenvalue weighted by Gasteiger charge is -2.39. The van der Waals surface area contributed by atoms with E-state index in [9.17, 15) is 0 Å². The van der Waals surface area contributed by atoms with Crippen LogP contribution in [0.1, 0.15) is 77.8 Å². The van der Waals surface area contributed by atoms with Gasteiger partial charge < -0.3 is 8.99 Å². The summed E-state index contributed by atoms with van der Waals surface area (Å²) in [6.07, 6.45) is 6.58. The van der Waals surface area contributed by atoms with Gasteiger partial charge in [-0.1, -0.05) is 32.4 Å². The molecule has 0 aromatic carbocycles. The molecule has 0 amide bonds. The first-order valence-corrected chi connectivity index (χ1v) is 13.9. The Kier molecular flexibility index (Phi) is 6.43. The van der Waals surface area contributed by atoms with Crippen LogP contribution >= 0.6 is 11.6 Å². The van der Waals surface area contributed by atoms with Gasteiger partial charge in [-0.3, -0.25) is 0 Å². The van der Waals surface area contributed by atoms with Crippen LogP contribution in [0, 0.1) is 17.2 Å². The molecule has 2 heterocycles. The van der Waals surface area contributed by atoms with Gasteiger partial charge in [-0.15, -0.1) is 0 Å². The van der Waals surface area contributed by atoms with E-state index in [1.54, 1.807) is 6.20 Å². The van der Waals surface area contributed by atoms with Crippen LogP contribution in [0.4, 0.5) is 0 Å². The van der Waals surface area contributed by atoms with Crippen LogP contribution in [0.3, 0.4) is 0 Å². The van der Waals surface area contributed by atoms with Gasteiger partial charge in [0.05, 0.1) is 17.8 Å². The standard InChI is InChI=1S/C22H33ClN4OSi/c1-15(28-29(5,6)22(2,3)4)21-26-18-14-25-20(23)13-19(18)27(21)17-9-7-16(8-10-17)11-12-24/h13-17H,7-11H2,1-6H3/t15?,16-,17-. The minimum atomic E-state index is -1.94. The number of nitrogens with zero attached hydrogens (tertiary/aromatic N) is 4. The second kappa shape index (κ2) is 8.37. The number of hydrogen-bond donors (Lipinski definition) is 0. The molecular formula is C22H33ClN4OSi. The van der Waals surface area contributed by atoms with Gasteiger partial charge in [0.15, 0.2) is 8.32 Å². The Bertz CT molecular complexity index is 904. The van der Waals surface area contributed by atoms with Gasteiger partial charge >= 0.3 is 0 Å². The van der Waals surface area contributed by atoms with Crippen molar-refractivity contribution in [2.75, 3.05) is 0 Å². The van der Waals surface area contributed by atoms with E-state index in [1.165, 1.54) is 0 Å². The van der Waals surface area contributed by atoms with Crippen molar-refractivity contribution in [2.45, 2.75) is 90.1 Å². The topological polar surface area (TPSA) is 63.7 Å². The Labute approximate surface area is 180 Å². The van der Waals surface area contributed by atoms with Crippen molar-refractivity contribution in [2.24, 2.45) is 5.92 Å². The molecule has 0 radical (unpaired) electrons. The molecule has 0 spiro atoms. The van der Waals surface area contributed by atoms with Crippen LogP contribution in [0.2, 0.25) is 23.3 Å². The molecule has 5 nitrogen and oxygen atoms in total. The van der Waals surface area contributed by atoms with E-state index in [-0.39, 0.29) is 11.1 Å². The third kappa shape index (κ3) is 4.68. The minimum Gasteiger partial charge on any atom is -0.407 e. The molecule has 0 bridgehead atoms. The van der Waals surface area contributed by atoms with E-state index in [0.717, 1.165) is 42.5 Å². The quantitative estimate of drug-likeness (QED) is 0.384. The minimum absolute atomic E-state index is 0.0982. The van der Waals surface area contributed by atoms with E-state index in [1.807, 2.05) is 6.07 Å². The molecule has 1 aliphatic rings. The highest BCUT2D eigenvalue weighted by Gasteiger charge is 2.40. The van der Waals surface area contributed by atoms with Crippen molar-refractivity contribution < 1.29 is 4.43 Å². The molecule has 2 aromatic heterocycles. The summed E-state index contributed by atoms with van der Waals surface area (Å²) in [5, 5.41) is 9.66. The highest BCUT2D eigenvalue weighted by Crippen LogP contribution is 2.42. The molecule has 0 N–H and O–H groups in total. The summed E-state index contributed by atoms with van der Waals surface area (Å²) >= 11 is 6.24. The zero-order chi connectivity index (χ0) is 21.4. The number of halogens is 1. The average Bonchev–Trinajstić information content (AvgIpc) is 3.00. The lowest BCUT2D eigenvalue weighted by atomic mass is 9.84. The van der Waals surface area contributed by atoms with Crippen LogP contribution in [-0.2, 0) is 4.43 Å². The molecule has 0 aliphatic heterocycles. The molecule has 7 heteroatoms. The second-order valence-corrected chi connectivity index (χ2v) is 15.0. The molecule has 29 heavy (non-hydrogen) atoms. The number of rotatable bonds is 5. The molecule has 158 valence electrons. The van der Waals surface area contributed by atoms with Crippen molar-refractivity contribution in [3.63, 3.8) is 0 Å². The fraction of sp³-hybridized carbons (Fsp3) is 0.682. The number of pyridine rings is 1. The Morgan fingerprint density at radius 2 is 1.97 bits per heavy atom. The first-order chi connectivity index (χ1) is 13.5. The Morgan fingerprint density at radius 3 is 2.55 bits per heavy atom. The highest BCUT2D eigenvalue weighted by atomic mass is 35.5. The van der Waals surface area contributed by atoms with Crippen molar-refractivity contribution in [3.05, 3.63) is 23.2 Å². The normalized spacial score (nSPS) is 21.9. The SMILES string of the molecule is CC(O[Si](C)(C)C(C)(C)C)c1nc2cnc(Cl)cc2n1[C@H]1CC[C@H](CC#N)CC1. The van der Waals surface area contributed by atoms with Crippen LogP contribution in [0.15, 0.2) is 12.3 Å². The van der Waals surface area contributed by atoms with E-state index in [0.29, 0.717) is 23.5 Å². The van der Waals surface area contributed by atoms with Crippen LogP contribution in [0.5, 0.6) is 0 Å². The molecule has 0 saturated heterocycles. The van der Waals surface area contributed by atoms with Crippen LogP contribution in [-0.4, -0.2) is 22.9 Å². The fourth-order valence-corrected chi connectivity index (χ4v) is 5.57. The summed E-state index contributed by atoms with van der Waals surface area (Å²) < 4.78 is 9.05. The van der Waals surface area contributed by atoms with Gasteiger partial charge in [-0.25, -0.2) is 9.97 Å². The zero-order valence-corrected chi connectivity index (χ0v) is 20.3. The van der Waals surface area contributed by atoms with Crippen LogP contribution in [0.25, 0.3) is 11.0 Å². The molecular weight excluding hydrogens is 400 g/mol. The van der Waals surface area contributed by atoms with E-state index >= 15 is 0 Å². The third-order valence-electron chi connectivity index (χ3n) is 6.77. The smallest absolute Gasteiger partial charge is 0.193 e. The summed E-state index contributed by atoms with van der Waals surface area (Å²) in [6.45, 7) is 13.5. The summed E-state index contributed by atoms with van der Waals surface area (Å²) in [5.41, 5.74) is 1.91. The van der Waals surface area contributed by atoms with Crippen LogP contribution < -0.4 is 0 Å². The summed E-state index contributed by atoms with van der Waals surface area (Å²) in [6, 6.07) is 4.61. The third-order valence-corrected chi connectivity index (χ3v) is 11.5. The lowest BCUT2D eigenvalue weighted by Crippen LogP contribution is -2.41. The Morgan fingerprint density at radius 1 is 1.31 bits per heavy atom. The number of hydrogen-bond acceptors (Lipinski definition) is 4. The highest BCUT2D eigenvalue weighted by molar-refractivity contribution is 6.74. The van der Waals surface area contributed by atoms with E-state index < -0.39 is 8.32 Å². The first kappa shape index (κ1) is 22.3. The van der Waals surface area contributed by atoms with Gasteiger partial charge in [-0.2, -0.15) is 5.26 Å². The number of imidazole rings is 1. The predicted octanol–water partition coefficient (Wildman–Crippen LogP) is 6.81. The van der Waals surface area contributed by atoms with Gasteiger partial charge in [0.2, 0.25) is 0 Å². The molecule has 1 aliphatic carbocycles. The Balaban J connectivity index is 1.97. The van der Waals surface area contributed by atoms with Crippen molar-refractivity contribution in [3.8, 4) is 6.07 Å². The number of fused-ring (bicyclic) bond motifs is 1. The van der Waals surface area contributed by atoms with Crippen molar-refractivity contribution >= 4 is 31.0 Å². The average molecular weight is 433 g/mol. The maximum absolute atomic E-state index is 9.03. The van der Waals surface area contributed by atoms with Gasteiger partial charge in [0.25, 0.3) is 0 Å². The van der Waals surface area contributed by atoms with E-state index in [2.05, 4.69) is 56.4 Å². The number of aromatic nitrogens is 3.